The van der Waals surface area contributed by atoms with Gasteiger partial charge in [0.05, 0.1) is 11.7 Å². The number of aryl methyl sites for hydroxylation is 2. The van der Waals surface area contributed by atoms with Crippen molar-refractivity contribution in [2.24, 2.45) is 0 Å². The fourth-order valence-corrected chi connectivity index (χ4v) is 2.95. The SMILES string of the molecule is CNC(C)CNC(=O)Cn1cnc2sc(C)c(C)c2c1=O. The molecular weight excluding hydrogens is 288 g/mol. The van der Waals surface area contributed by atoms with Crippen molar-refractivity contribution in [3.05, 3.63) is 27.1 Å². The maximum absolute atomic E-state index is 12.4. The second-order valence-corrected chi connectivity index (χ2v) is 6.34. The lowest BCUT2D eigenvalue weighted by molar-refractivity contribution is -0.121. The van der Waals surface area contributed by atoms with Crippen LogP contribution in [0, 0.1) is 13.8 Å². The second-order valence-electron chi connectivity index (χ2n) is 5.13. The third-order valence-electron chi connectivity index (χ3n) is 3.57. The third-order valence-corrected chi connectivity index (χ3v) is 4.68. The summed E-state index contributed by atoms with van der Waals surface area (Å²) in [6.07, 6.45) is 1.45. The van der Waals surface area contributed by atoms with Crippen molar-refractivity contribution >= 4 is 27.5 Å². The summed E-state index contributed by atoms with van der Waals surface area (Å²) in [6, 6.07) is 0.188. The number of hydrogen-bond acceptors (Lipinski definition) is 5. The number of nitrogens with zero attached hydrogens (tertiary/aromatic N) is 2. The van der Waals surface area contributed by atoms with Crippen LogP contribution >= 0.6 is 11.3 Å². The molecule has 0 aliphatic rings. The van der Waals surface area contributed by atoms with Gasteiger partial charge in [0.25, 0.3) is 5.56 Å². The fourth-order valence-electron chi connectivity index (χ4n) is 1.96. The number of rotatable bonds is 5. The number of fused-ring (bicyclic) bond motifs is 1. The van der Waals surface area contributed by atoms with E-state index in [1.165, 1.54) is 22.2 Å². The predicted molar refractivity (Wildman–Crippen MR) is 84.9 cm³/mol. The molecule has 0 fully saturated rings. The molecule has 1 atom stereocenters. The molecule has 6 nitrogen and oxygen atoms in total. The van der Waals surface area contributed by atoms with Crippen LogP contribution in [0.4, 0.5) is 0 Å². The second kappa shape index (κ2) is 6.36. The molecule has 0 saturated carbocycles. The molecule has 0 radical (unpaired) electrons. The first kappa shape index (κ1) is 15.7. The summed E-state index contributed by atoms with van der Waals surface area (Å²) >= 11 is 1.50. The highest BCUT2D eigenvalue weighted by Gasteiger charge is 2.13. The Morgan fingerprint density at radius 3 is 2.86 bits per heavy atom. The van der Waals surface area contributed by atoms with Crippen molar-refractivity contribution in [1.82, 2.24) is 20.2 Å². The van der Waals surface area contributed by atoms with Crippen molar-refractivity contribution in [2.75, 3.05) is 13.6 Å². The van der Waals surface area contributed by atoms with E-state index >= 15 is 0 Å². The van der Waals surface area contributed by atoms with E-state index < -0.39 is 0 Å². The van der Waals surface area contributed by atoms with E-state index in [2.05, 4.69) is 15.6 Å². The zero-order chi connectivity index (χ0) is 15.6. The Labute approximate surface area is 127 Å². The van der Waals surface area contributed by atoms with E-state index in [0.29, 0.717) is 11.9 Å². The molecule has 0 spiro atoms. The highest BCUT2D eigenvalue weighted by molar-refractivity contribution is 7.18. The Bertz CT molecular complexity index is 720. The first-order valence-corrected chi connectivity index (χ1v) is 7.64. The maximum atomic E-state index is 12.4. The molecule has 2 N–H and O–H groups in total. The van der Waals surface area contributed by atoms with Crippen LogP contribution in [-0.2, 0) is 11.3 Å². The van der Waals surface area contributed by atoms with Gasteiger partial charge in [0.1, 0.15) is 11.4 Å². The van der Waals surface area contributed by atoms with Gasteiger partial charge in [-0.05, 0) is 33.4 Å². The summed E-state index contributed by atoms with van der Waals surface area (Å²) in [6.45, 7) is 6.37. The molecular formula is C14H20N4O2S. The summed E-state index contributed by atoms with van der Waals surface area (Å²) in [5, 5.41) is 6.45. The van der Waals surface area contributed by atoms with Gasteiger partial charge in [-0.1, -0.05) is 0 Å². The molecule has 0 aliphatic carbocycles. The topological polar surface area (TPSA) is 76.0 Å². The van der Waals surface area contributed by atoms with Crippen molar-refractivity contribution in [1.29, 1.82) is 0 Å². The highest BCUT2D eigenvalue weighted by Crippen LogP contribution is 2.25. The van der Waals surface area contributed by atoms with Crippen LogP contribution in [-0.4, -0.2) is 35.1 Å². The van der Waals surface area contributed by atoms with Gasteiger partial charge in [-0.15, -0.1) is 11.3 Å². The van der Waals surface area contributed by atoms with E-state index in [4.69, 9.17) is 0 Å². The average Bonchev–Trinajstić information content (AvgIpc) is 2.75. The van der Waals surface area contributed by atoms with Crippen LogP contribution in [0.1, 0.15) is 17.4 Å². The first-order chi connectivity index (χ1) is 9.93. The minimum atomic E-state index is -0.190. The molecule has 2 heterocycles. The number of carbonyl (C=O) groups excluding carboxylic acids is 1. The standard InChI is InChI=1S/C14H20N4O2S/c1-8(15-4)5-16-11(19)6-18-7-17-13-12(14(18)20)9(2)10(3)21-13/h7-8,15H,5-6H2,1-4H3,(H,16,19). The van der Waals surface area contributed by atoms with Crippen molar-refractivity contribution in [2.45, 2.75) is 33.4 Å². The molecule has 21 heavy (non-hydrogen) atoms. The van der Waals surface area contributed by atoms with Gasteiger partial charge in [0.15, 0.2) is 0 Å². The third kappa shape index (κ3) is 3.30. The maximum Gasteiger partial charge on any atom is 0.262 e. The lowest BCUT2D eigenvalue weighted by Gasteiger charge is -2.12. The Balaban J connectivity index is 2.19. The molecule has 0 aromatic carbocycles. The number of nitrogens with one attached hydrogen (secondary N) is 2. The van der Waals surface area contributed by atoms with Crippen LogP contribution in [0.15, 0.2) is 11.1 Å². The van der Waals surface area contributed by atoms with Gasteiger partial charge in [-0.3, -0.25) is 14.2 Å². The molecule has 1 unspecified atom stereocenters. The van der Waals surface area contributed by atoms with Crippen molar-refractivity contribution < 1.29 is 4.79 Å². The smallest absolute Gasteiger partial charge is 0.262 e. The van der Waals surface area contributed by atoms with E-state index in [1.807, 2.05) is 27.8 Å². The molecule has 114 valence electrons. The molecule has 0 aliphatic heterocycles. The van der Waals surface area contributed by atoms with Crippen LogP contribution in [0.25, 0.3) is 10.2 Å². The Morgan fingerprint density at radius 2 is 2.19 bits per heavy atom. The summed E-state index contributed by atoms with van der Waals surface area (Å²) in [5.74, 6) is -0.190. The summed E-state index contributed by atoms with van der Waals surface area (Å²) in [7, 11) is 1.83. The zero-order valence-corrected chi connectivity index (χ0v) is 13.5. The van der Waals surface area contributed by atoms with Gasteiger partial charge >= 0.3 is 0 Å². The lowest BCUT2D eigenvalue weighted by atomic mass is 10.2. The number of hydrogen-bond donors (Lipinski definition) is 2. The van der Waals surface area contributed by atoms with Gasteiger partial charge in [0, 0.05) is 17.5 Å². The number of aromatic nitrogens is 2. The van der Waals surface area contributed by atoms with Crippen LogP contribution in [0.5, 0.6) is 0 Å². The minimum Gasteiger partial charge on any atom is -0.353 e. The van der Waals surface area contributed by atoms with Gasteiger partial charge in [-0.2, -0.15) is 0 Å². The first-order valence-electron chi connectivity index (χ1n) is 6.83. The van der Waals surface area contributed by atoms with E-state index in [0.717, 1.165) is 15.3 Å². The van der Waals surface area contributed by atoms with Crippen LogP contribution < -0.4 is 16.2 Å². The molecule has 1 amide bonds. The predicted octanol–water partition coefficient (Wildman–Crippen LogP) is 0.799. The largest absolute Gasteiger partial charge is 0.353 e. The van der Waals surface area contributed by atoms with Gasteiger partial charge < -0.3 is 10.6 Å². The molecule has 7 heteroatoms. The summed E-state index contributed by atoms with van der Waals surface area (Å²) in [5.41, 5.74) is 0.796. The Morgan fingerprint density at radius 1 is 1.48 bits per heavy atom. The van der Waals surface area contributed by atoms with Crippen molar-refractivity contribution in [3.8, 4) is 0 Å². The minimum absolute atomic E-state index is 0.00740. The number of thiophene rings is 1. The number of likely N-dealkylation sites (N-methyl/N-ethyl adjacent to an activating group) is 1. The molecule has 0 saturated heterocycles. The van der Waals surface area contributed by atoms with Gasteiger partial charge in [-0.25, -0.2) is 4.98 Å². The van der Waals surface area contributed by atoms with Crippen molar-refractivity contribution in [3.63, 3.8) is 0 Å². The van der Waals surface area contributed by atoms with Gasteiger partial charge in [0.2, 0.25) is 5.91 Å². The normalized spacial score (nSPS) is 12.6. The van der Waals surface area contributed by atoms with E-state index in [-0.39, 0.29) is 24.1 Å². The molecule has 2 aromatic heterocycles. The summed E-state index contributed by atoms with van der Waals surface area (Å²) in [4.78, 5) is 30.4. The molecule has 0 bridgehead atoms. The monoisotopic (exact) mass is 308 g/mol. The van der Waals surface area contributed by atoms with E-state index in [9.17, 15) is 9.59 Å². The Kier molecular flexibility index (Phi) is 4.74. The van der Waals surface area contributed by atoms with E-state index in [1.54, 1.807) is 0 Å². The summed E-state index contributed by atoms with van der Waals surface area (Å²) < 4.78 is 1.36. The molecule has 2 rings (SSSR count). The molecule has 2 aromatic rings. The fraction of sp³-hybridized carbons (Fsp3) is 0.500. The number of amides is 1. The highest BCUT2D eigenvalue weighted by atomic mass is 32.1. The quantitative estimate of drug-likeness (QED) is 0.856. The Hall–Kier alpha value is -1.73. The lowest BCUT2D eigenvalue weighted by Crippen LogP contribution is -2.39. The number of carbonyl (C=O) groups is 1. The average molecular weight is 308 g/mol. The van der Waals surface area contributed by atoms with Crippen LogP contribution in [0.2, 0.25) is 0 Å². The zero-order valence-electron chi connectivity index (χ0n) is 12.7. The van der Waals surface area contributed by atoms with Crippen LogP contribution in [0.3, 0.4) is 0 Å².